The second kappa shape index (κ2) is 4.58. The van der Waals surface area contributed by atoms with E-state index >= 15 is 0 Å². The number of hydrogen-bond acceptors (Lipinski definition) is 5. The number of aromatic nitrogens is 4. The fourth-order valence-electron chi connectivity index (χ4n) is 2.36. The zero-order valence-corrected chi connectivity index (χ0v) is 10.5. The minimum atomic E-state index is -4.57. The molecule has 0 amide bonds. The topological polar surface area (TPSA) is 72.3 Å². The SMILES string of the molecule is NCC1CCN(c2ccc3nnc(C(F)(F)F)n3n2)C1. The Bertz CT molecular complexity index is 622. The number of halogens is 3. The van der Waals surface area contributed by atoms with Gasteiger partial charge in [-0.3, -0.25) is 0 Å². The molecule has 2 aromatic heterocycles. The summed E-state index contributed by atoms with van der Waals surface area (Å²) in [5.74, 6) is -0.266. The lowest BCUT2D eigenvalue weighted by Gasteiger charge is -2.17. The van der Waals surface area contributed by atoms with Crippen molar-refractivity contribution in [2.75, 3.05) is 24.5 Å². The van der Waals surface area contributed by atoms with E-state index in [2.05, 4.69) is 15.3 Å². The average molecular weight is 286 g/mol. The van der Waals surface area contributed by atoms with Crippen molar-refractivity contribution in [3.05, 3.63) is 18.0 Å². The summed E-state index contributed by atoms with van der Waals surface area (Å²) in [4.78, 5) is 1.93. The number of nitrogens with zero attached hydrogens (tertiary/aromatic N) is 5. The van der Waals surface area contributed by atoms with Crippen molar-refractivity contribution in [3.8, 4) is 0 Å². The Hall–Kier alpha value is -1.90. The number of rotatable bonds is 2. The van der Waals surface area contributed by atoms with E-state index in [0.717, 1.165) is 17.5 Å². The third-order valence-electron chi connectivity index (χ3n) is 3.45. The molecule has 3 rings (SSSR count). The maximum absolute atomic E-state index is 12.8. The molecule has 20 heavy (non-hydrogen) atoms. The molecule has 0 aromatic carbocycles. The number of hydrogen-bond donors (Lipinski definition) is 1. The van der Waals surface area contributed by atoms with Gasteiger partial charge in [-0.25, -0.2) is 0 Å². The average Bonchev–Trinajstić information content (AvgIpc) is 3.03. The van der Waals surface area contributed by atoms with Gasteiger partial charge in [0.2, 0.25) is 0 Å². The first-order valence-corrected chi connectivity index (χ1v) is 6.23. The molecule has 2 aromatic rings. The summed E-state index contributed by atoms with van der Waals surface area (Å²) in [5, 5.41) is 10.6. The van der Waals surface area contributed by atoms with E-state index in [-0.39, 0.29) is 5.65 Å². The van der Waals surface area contributed by atoms with E-state index < -0.39 is 12.0 Å². The number of anilines is 1. The smallest absolute Gasteiger partial charge is 0.355 e. The van der Waals surface area contributed by atoms with Crippen LogP contribution in [-0.4, -0.2) is 39.4 Å². The van der Waals surface area contributed by atoms with Crippen LogP contribution in [0.15, 0.2) is 12.1 Å². The molecule has 1 aliphatic rings. The second-order valence-electron chi connectivity index (χ2n) is 4.82. The predicted molar refractivity (Wildman–Crippen MR) is 65.2 cm³/mol. The van der Waals surface area contributed by atoms with Crippen molar-refractivity contribution in [2.24, 2.45) is 11.7 Å². The fourth-order valence-corrected chi connectivity index (χ4v) is 2.36. The Balaban J connectivity index is 1.98. The maximum atomic E-state index is 12.8. The molecule has 1 fully saturated rings. The van der Waals surface area contributed by atoms with Gasteiger partial charge in [-0.1, -0.05) is 0 Å². The maximum Gasteiger partial charge on any atom is 0.453 e. The van der Waals surface area contributed by atoms with Gasteiger partial charge < -0.3 is 10.6 Å². The van der Waals surface area contributed by atoms with Gasteiger partial charge in [0, 0.05) is 13.1 Å². The van der Waals surface area contributed by atoms with Crippen LogP contribution in [0.4, 0.5) is 19.0 Å². The predicted octanol–water partition coefficient (Wildman–Crippen LogP) is 0.928. The van der Waals surface area contributed by atoms with Crippen molar-refractivity contribution < 1.29 is 13.2 Å². The van der Waals surface area contributed by atoms with Crippen molar-refractivity contribution in [1.29, 1.82) is 0 Å². The van der Waals surface area contributed by atoms with Crippen molar-refractivity contribution >= 4 is 11.5 Å². The van der Waals surface area contributed by atoms with Crippen LogP contribution in [0.25, 0.3) is 5.65 Å². The molecule has 3 heterocycles. The Morgan fingerprint density at radius 1 is 1.30 bits per heavy atom. The summed E-state index contributed by atoms with van der Waals surface area (Å²) in [5.41, 5.74) is 5.69. The standard InChI is InChI=1S/C11H13F3N6/c12-11(13,14)10-17-16-8-1-2-9(18-20(8)10)19-4-3-7(5-15)6-19/h1-2,7H,3-6,15H2. The molecule has 1 aliphatic heterocycles. The molecule has 2 N–H and O–H groups in total. The molecular weight excluding hydrogens is 273 g/mol. The first kappa shape index (κ1) is 13.1. The lowest BCUT2D eigenvalue weighted by Crippen LogP contribution is -2.24. The zero-order chi connectivity index (χ0) is 14.3. The largest absolute Gasteiger partial charge is 0.453 e. The van der Waals surface area contributed by atoms with Crippen LogP contribution in [0, 0.1) is 5.92 Å². The summed E-state index contributed by atoms with van der Waals surface area (Å²) in [7, 11) is 0. The highest BCUT2D eigenvalue weighted by atomic mass is 19.4. The molecule has 0 bridgehead atoms. The van der Waals surface area contributed by atoms with Gasteiger partial charge in [0.05, 0.1) is 0 Å². The van der Waals surface area contributed by atoms with E-state index in [1.165, 1.54) is 6.07 Å². The van der Waals surface area contributed by atoms with Gasteiger partial charge in [-0.2, -0.15) is 17.7 Å². The van der Waals surface area contributed by atoms with E-state index in [9.17, 15) is 13.2 Å². The Labute approximate surface area is 112 Å². The zero-order valence-electron chi connectivity index (χ0n) is 10.5. The molecule has 0 spiro atoms. The number of alkyl halides is 3. The highest BCUT2D eigenvalue weighted by Crippen LogP contribution is 2.28. The lowest BCUT2D eigenvalue weighted by atomic mass is 10.1. The highest BCUT2D eigenvalue weighted by Gasteiger charge is 2.38. The lowest BCUT2D eigenvalue weighted by molar-refractivity contribution is -0.146. The van der Waals surface area contributed by atoms with E-state index in [1.54, 1.807) is 6.07 Å². The second-order valence-corrected chi connectivity index (χ2v) is 4.82. The van der Waals surface area contributed by atoms with Gasteiger partial charge in [-0.15, -0.1) is 15.3 Å². The first-order chi connectivity index (χ1) is 9.49. The Kier molecular flexibility index (Phi) is 3.00. The summed E-state index contributed by atoms with van der Waals surface area (Å²) >= 11 is 0. The van der Waals surface area contributed by atoms with Crippen molar-refractivity contribution in [1.82, 2.24) is 19.8 Å². The third-order valence-corrected chi connectivity index (χ3v) is 3.45. The first-order valence-electron chi connectivity index (χ1n) is 6.23. The van der Waals surface area contributed by atoms with Crippen LogP contribution < -0.4 is 10.6 Å². The van der Waals surface area contributed by atoms with Crippen LogP contribution in [0.2, 0.25) is 0 Å². The fraction of sp³-hybridized carbons (Fsp3) is 0.545. The molecule has 9 heteroatoms. The molecule has 108 valence electrons. The number of nitrogens with two attached hydrogens (primary N) is 1. The Morgan fingerprint density at radius 3 is 2.75 bits per heavy atom. The van der Waals surface area contributed by atoms with Gasteiger partial charge in [0.25, 0.3) is 5.82 Å². The van der Waals surface area contributed by atoms with Crippen LogP contribution in [0.5, 0.6) is 0 Å². The van der Waals surface area contributed by atoms with Crippen molar-refractivity contribution in [2.45, 2.75) is 12.6 Å². The van der Waals surface area contributed by atoms with Gasteiger partial charge in [-0.05, 0) is 31.0 Å². The Morgan fingerprint density at radius 2 is 2.10 bits per heavy atom. The van der Waals surface area contributed by atoms with E-state index in [0.29, 0.717) is 24.8 Å². The normalized spacial score (nSPS) is 20.0. The summed E-state index contributed by atoms with van der Waals surface area (Å²) in [6, 6.07) is 3.14. The van der Waals surface area contributed by atoms with E-state index in [4.69, 9.17) is 5.73 Å². The molecule has 0 saturated carbocycles. The summed E-state index contributed by atoms with van der Waals surface area (Å²) in [6.45, 7) is 2.02. The molecular formula is C11H13F3N6. The third kappa shape index (κ3) is 2.17. The van der Waals surface area contributed by atoms with Gasteiger partial charge in [0.1, 0.15) is 5.82 Å². The van der Waals surface area contributed by atoms with E-state index in [1.807, 2.05) is 4.90 Å². The minimum Gasteiger partial charge on any atom is -0.355 e. The van der Waals surface area contributed by atoms with Crippen molar-refractivity contribution in [3.63, 3.8) is 0 Å². The molecule has 1 atom stereocenters. The molecule has 6 nitrogen and oxygen atoms in total. The molecule has 1 unspecified atom stereocenters. The van der Waals surface area contributed by atoms with Gasteiger partial charge in [0.15, 0.2) is 5.65 Å². The molecule has 0 aliphatic carbocycles. The minimum absolute atomic E-state index is 0.0793. The summed E-state index contributed by atoms with van der Waals surface area (Å²) in [6.07, 6.45) is -3.65. The highest BCUT2D eigenvalue weighted by molar-refractivity contribution is 5.46. The summed E-state index contributed by atoms with van der Waals surface area (Å²) < 4.78 is 39.1. The molecule has 1 saturated heterocycles. The molecule has 0 radical (unpaired) electrons. The van der Waals surface area contributed by atoms with Crippen LogP contribution in [0.1, 0.15) is 12.2 Å². The number of fused-ring (bicyclic) bond motifs is 1. The monoisotopic (exact) mass is 286 g/mol. The van der Waals surface area contributed by atoms with Gasteiger partial charge >= 0.3 is 6.18 Å². The quantitative estimate of drug-likeness (QED) is 0.889. The van der Waals surface area contributed by atoms with Crippen LogP contribution in [-0.2, 0) is 6.18 Å². The van der Waals surface area contributed by atoms with Crippen LogP contribution in [0.3, 0.4) is 0 Å². The van der Waals surface area contributed by atoms with Crippen LogP contribution >= 0.6 is 0 Å².